The van der Waals surface area contributed by atoms with Gasteiger partial charge in [-0.25, -0.2) is 8.42 Å². The second kappa shape index (κ2) is 6.26. The van der Waals surface area contributed by atoms with Crippen molar-refractivity contribution in [1.82, 2.24) is 0 Å². The standard InChI is InChI=1S/C4H8O2S.BF4.Na.H/c5-7(6)3-1-2-4-7;2-1(3,4)5;;/h1-4H2;;;/q;-1;+1;-1. The third-order valence-corrected chi connectivity index (χ3v) is 2.98. The van der Waals surface area contributed by atoms with Crippen LogP contribution in [0.3, 0.4) is 0 Å². The van der Waals surface area contributed by atoms with Gasteiger partial charge < -0.3 is 18.7 Å². The van der Waals surface area contributed by atoms with E-state index < -0.39 is 17.1 Å². The van der Waals surface area contributed by atoms with Crippen LogP contribution in [0.2, 0.25) is 0 Å². The zero-order chi connectivity index (χ0) is 9.83. The molecule has 0 aliphatic carbocycles. The summed E-state index contributed by atoms with van der Waals surface area (Å²) in [5.74, 6) is 0.847. The van der Waals surface area contributed by atoms with Gasteiger partial charge in [-0.3, -0.25) is 0 Å². The molecule has 1 aliphatic heterocycles. The van der Waals surface area contributed by atoms with Crippen LogP contribution in [0.4, 0.5) is 17.3 Å². The summed E-state index contributed by atoms with van der Waals surface area (Å²) in [5, 5.41) is 0. The van der Waals surface area contributed by atoms with E-state index in [2.05, 4.69) is 0 Å². The first-order valence-electron chi connectivity index (χ1n) is 3.28. The van der Waals surface area contributed by atoms with Crippen LogP contribution in [-0.2, 0) is 9.84 Å². The molecular weight excluding hydrogens is 222 g/mol. The van der Waals surface area contributed by atoms with Crippen LogP contribution in [0, 0.1) is 0 Å². The molecule has 0 amide bonds. The molecule has 1 saturated heterocycles. The Hall–Kier alpha value is 0.735. The van der Waals surface area contributed by atoms with Crippen LogP contribution in [-0.4, -0.2) is 27.2 Å². The Morgan fingerprint density at radius 2 is 1.23 bits per heavy atom. The molecule has 1 rings (SSSR count). The van der Waals surface area contributed by atoms with Crippen molar-refractivity contribution in [2.45, 2.75) is 12.8 Å². The number of hydrogen-bond acceptors (Lipinski definition) is 2. The molecule has 0 unspecified atom stereocenters. The zero-order valence-electron chi connectivity index (χ0n) is 8.14. The molecule has 0 aromatic heterocycles. The van der Waals surface area contributed by atoms with Gasteiger partial charge in [0.15, 0.2) is 0 Å². The molecule has 13 heavy (non-hydrogen) atoms. The maximum Gasteiger partial charge on any atom is 1.00 e. The maximum absolute atomic E-state index is 10.4. The fourth-order valence-electron chi connectivity index (χ4n) is 0.746. The molecule has 0 N–H and O–H groups in total. The van der Waals surface area contributed by atoms with Crippen molar-refractivity contribution >= 4 is 17.1 Å². The van der Waals surface area contributed by atoms with Crippen molar-refractivity contribution in [2.24, 2.45) is 0 Å². The van der Waals surface area contributed by atoms with Gasteiger partial charge in [0, 0.05) is 0 Å². The van der Waals surface area contributed by atoms with Crippen LogP contribution in [0.1, 0.15) is 14.3 Å². The average Bonchev–Trinajstić information content (AvgIpc) is 2.08. The fourth-order valence-corrected chi connectivity index (χ4v) is 2.24. The molecule has 1 aliphatic rings. The molecule has 0 bridgehead atoms. The molecule has 9 heteroatoms. The van der Waals surface area contributed by atoms with Crippen LogP contribution in [0.5, 0.6) is 0 Å². The second-order valence-corrected chi connectivity index (χ2v) is 4.66. The van der Waals surface area contributed by atoms with Crippen LogP contribution in [0.15, 0.2) is 0 Å². The van der Waals surface area contributed by atoms with Gasteiger partial charge in [0.25, 0.3) is 0 Å². The number of rotatable bonds is 0. The normalized spacial score (nSPS) is 19.7. The van der Waals surface area contributed by atoms with Gasteiger partial charge in [0.05, 0.1) is 11.5 Å². The van der Waals surface area contributed by atoms with Gasteiger partial charge in [-0.2, -0.15) is 0 Å². The third-order valence-electron chi connectivity index (χ3n) is 1.16. The average molecular weight is 231 g/mol. The number of hydrogen-bond donors (Lipinski definition) is 0. The van der Waals surface area contributed by atoms with E-state index in [9.17, 15) is 25.7 Å². The van der Waals surface area contributed by atoms with Gasteiger partial charge >= 0.3 is 36.8 Å². The molecule has 2 nitrogen and oxygen atoms in total. The Morgan fingerprint density at radius 1 is 1.00 bits per heavy atom. The van der Waals surface area contributed by atoms with Gasteiger partial charge in [-0.15, -0.1) is 0 Å². The number of halogens is 4. The minimum absolute atomic E-state index is 0. The Labute approximate surface area is 97.9 Å². The molecule has 0 aromatic carbocycles. The summed E-state index contributed by atoms with van der Waals surface area (Å²) in [5.41, 5.74) is 0. The molecule has 0 saturated carbocycles. The summed E-state index contributed by atoms with van der Waals surface area (Å²) < 4.78 is 59.9. The van der Waals surface area contributed by atoms with E-state index in [0.717, 1.165) is 12.8 Å². The van der Waals surface area contributed by atoms with E-state index in [0.29, 0.717) is 11.5 Å². The SMILES string of the molecule is F[B-](F)(F)F.O=S1(=O)CCCC1.[H-].[Na+]. The Kier molecular flexibility index (Phi) is 7.79. The topological polar surface area (TPSA) is 34.1 Å². The molecule has 0 aromatic rings. The third kappa shape index (κ3) is 15.5. The van der Waals surface area contributed by atoms with E-state index in [1.807, 2.05) is 0 Å². The largest absolute Gasteiger partial charge is 1.00 e. The van der Waals surface area contributed by atoms with E-state index in [-0.39, 0.29) is 31.0 Å². The summed E-state index contributed by atoms with van der Waals surface area (Å²) in [7, 11) is -8.55. The summed E-state index contributed by atoms with van der Waals surface area (Å²) in [6, 6.07) is 0. The zero-order valence-corrected chi connectivity index (χ0v) is 9.96. The van der Waals surface area contributed by atoms with Crippen LogP contribution in [0.25, 0.3) is 0 Å². The van der Waals surface area contributed by atoms with E-state index in [1.165, 1.54) is 0 Å². The number of sulfone groups is 1. The van der Waals surface area contributed by atoms with Crippen molar-refractivity contribution in [3.05, 3.63) is 0 Å². The first-order chi connectivity index (χ1) is 5.21. The molecule has 1 fully saturated rings. The van der Waals surface area contributed by atoms with Gasteiger partial charge in [0.2, 0.25) is 0 Å². The Balaban J connectivity index is -0.000000159. The summed E-state index contributed by atoms with van der Waals surface area (Å²) >= 11 is 0. The summed E-state index contributed by atoms with van der Waals surface area (Å²) in [4.78, 5) is 0. The quantitative estimate of drug-likeness (QED) is 0.380. The predicted octanol–water partition coefficient (Wildman–Crippen LogP) is -1.39. The molecule has 0 atom stereocenters. The van der Waals surface area contributed by atoms with Gasteiger partial charge in [0.1, 0.15) is 9.84 Å². The van der Waals surface area contributed by atoms with Gasteiger partial charge in [-0.1, -0.05) is 0 Å². The molecular formula is C4H9BF4NaO2S-. The monoisotopic (exact) mass is 231 g/mol. The van der Waals surface area contributed by atoms with E-state index in [1.54, 1.807) is 0 Å². The van der Waals surface area contributed by atoms with Crippen molar-refractivity contribution in [1.29, 1.82) is 0 Å². The first-order valence-corrected chi connectivity index (χ1v) is 5.10. The van der Waals surface area contributed by atoms with Crippen molar-refractivity contribution in [2.75, 3.05) is 11.5 Å². The van der Waals surface area contributed by atoms with Crippen molar-refractivity contribution < 1.29 is 56.7 Å². The van der Waals surface area contributed by atoms with E-state index >= 15 is 0 Å². The minimum Gasteiger partial charge on any atom is -1.00 e. The van der Waals surface area contributed by atoms with Crippen molar-refractivity contribution in [3.8, 4) is 0 Å². The summed E-state index contributed by atoms with van der Waals surface area (Å²) in [6.07, 6.45) is 1.75. The van der Waals surface area contributed by atoms with E-state index in [4.69, 9.17) is 0 Å². The van der Waals surface area contributed by atoms with Gasteiger partial charge in [-0.05, 0) is 12.8 Å². The fraction of sp³-hybridized carbons (Fsp3) is 1.00. The molecule has 76 valence electrons. The molecule has 0 spiro atoms. The molecule has 0 radical (unpaired) electrons. The smallest absolute Gasteiger partial charge is 1.00 e. The van der Waals surface area contributed by atoms with Crippen LogP contribution >= 0.6 is 0 Å². The molecule has 1 heterocycles. The minimum atomic E-state index is -6.00. The first kappa shape index (κ1) is 16.2. The van der Waals surface area contributed by atoms with Crippen molar-refractivity contribution in [3.63, 3.8) is 0 Å². The maximum atomic E-state index is 10.4. The summed E-state index contributed by atoms with van der Waals surface area (Å²) in [6.45, 7) is 0. The second-order valence-electron chi connectivity index (χ2n) is 2.35. The van der Waals surface area contributed by atoms with Crippen LogP contribution < -0.4 is 29.6 Å². The Morgan fingerprint density at radius 3 is 1.31 bits per heavy atom. The predicted molar refractivity (Wildman–Crippen MR) is 39.2 cm³/mol. The Bertz CT molecular complexity index is 214.